The van der Waals surface area contributed by atoms with Gasteiger partial charge in [-0.15, -0.1) is 6.42 Å². The second-order valence-electron chi connectivity index (χ2n) is 5.19. The molecule has 1 atom stereocenters. The summed E-state index contributed by atoms with van der Waals surface area (Å²) in [7, 11) is 0. The van der Waals surface area contributed by atoms with E-state index >= 15 is 0 Å². The molecule has 2 aliphatic rings. The van der Waals surface area contributed by atoms with Crippen molar-refractivity contribution >= 4 is 11.9 Å². The van der Waals surface area contributed by atoms with Crippen LogP contribution in [0.25, 0.3) is 0 Å². The van der Waals surface area contributed by atoms with E-state index in [4.69, 9.17) is 11.8 Å². The highest BCUT2D eigenvalue weighted by Gasteiger charge is 2.60. The molecule has 1 heterocycles. The molecular weight excluding hydrogens is 202 g/mol. The van der Waals surface area contributed by atoms with E-state index in [-0.39, 0.29) is 18.0 Å². The van der Waals surface area contributed by atoms with E-state index in [1.165, 1.54) is 0 Å². The van der Waals surface area contributed by atoms with Crippen molar-refractivity contribution in [2.45, 2.75) is 38.6 Å². The van der Waals surface area contributed by atoms with Crippen LogP contribution in [0.3, 0.4) is 0 Å². The summed E-state index contributed by atoms with van der Waals surface area (Å²) in [6, 6.07) is -0.224. The Hall–Kier alpha value is -1.50. The molecule has 1 saturated carbocycles. The van der Waals surface area contributed by atoms with E-state index < -0.39 is 5.54 Å². The lowest BCUT2D eigenvalue weighted by Gasteiger charge is -2.42. The Balaban J connectivity index is 2.48. The van der Waals surface area contributed by atoms with E-state index in [2.05, 4.69) is 25.1 Å². The summed E-state index contributed by atoms with van der Waals surface area (Å²) >= 11 is 0. The molecule has 0 aromatic rings. The second kappa shape index (κ2) is 3.24. The molecule has 4 nitrogen and oxygen atoms in total. The van der Waals surface area contributed by atoms with E-state index in [9.17, 15) is 4.79 Å². The summed E-state index contributed by atoms with van der Waals surface area (Å²) in [6.45, 7) is 4.49. The monoisotopic (exact) mass is 219 g/mol. The van der Waals surface area contributed by atoms with Gasteiger partial charge in [-0.1, -0.05) is 19.8 Å². The highest BCUT2D eigenvalue weighted by Crippen LogP contribution is 2.51. The van der Waals surface area contributed by atoms with Gasteiger partial charge >= 0.3 is 6.03 Å². The number of carbonyl (C=O) groups excluding carboxylic acids is 1. The van der Waals surface area contributed by atoms with Gasteiger partial charge in [0.25, 0.3) is 0 Å². The summed E-state index contributed by atoms with van der Waals surface area (Å²) in [6.07, 6.45) is 8.20. The van der Waals surface area contributed by atoms with Gasteiger partial charge in [0.05, 0.1) is 6.54 Å². The van der Waals surface area contributed by atoms with Crippen molar-refractivity contribution in [1.29, 1.82) is 5.41 Å². The molecule has 0 aromatic heterocycles. The molecule has 1 unspecified atom stereocenters. The third-order valence-electron chi connectivity index (χ3n) is 4.06. The third-order valence-corrected chi connectivity index (χ3v) is 4.06. The molecule has 1 spiro atoms. The Morgan fingerprint density at radius 1 is 1.56 bits per heavy atom. The summed E-state index contributed by atoms with van der Waals surface area (Å²) in [5.74, 6) is 2.83. The Morgan fingerprint density at radius 2 is 2.25 bits per heavy atom. The van der Waals surface area contributed by atoms with Crippen molar-refractivity contribution < 1.29 is 4.79 Å². The lowest BCUT2D eigenvalue weighted by atomic mass is 9.73. The van der Waals surface area contributed by atoms with Gasteiger partial charge in [-0.2, -0.15) is 0 Å². The van der Waals surface area contributed by atoms with Crippen LogP contribution in [0.15, 0.2) is 0 Å². The highest BCUT2D eigenvalue weighted by atomic mass is 16.2. The van der Waals surface area contributed by atoms with Gasteiger partial charge < -0.3 is 0 Å². The molecule has 16 heavy (non-hydrogen) atoms. The van der Waals surface area contributed by atoms with Crippen LogP contribution in [0.2, 0.25) is 0 Å². The third kappa shape index (κ3) is 1.12. The molecule has 0 aromatic carbocycles. The van der Waals surface area contributed by atoms with E-state index in [0.29, 0.717) is 5.84 Å². The summed E-state index contributed by atoms with van der Waals surface area (Å²) in [4.78, 5) is 13.5. The fourth-order valence-electron chi connectivity index (χ4n) is 3.18. The van der Waals surface area contributed by atoms with Gasteiger partial charge in [-0.05, 0) is 24.7 Å². The Kier molecular flexibility index (Phi) is 2.23. The maximum absolute atomic E-state index is 11.8. The standard InChI is InChI=1S/C12H17N3O/c1-4-8-15-10(16)14-9(13)12(15)7-5-6-11(12,2)3/h1H,5-8H2,2-3H3,(H2,13,14,16). The van der Waals surface area contributed by atoms with Gasteiger partial charge in [-0.25, -0.2) is 4.79 Å². The first-order valence-corrected chi connectivity index (χ1v) is 5.57. The van der Waals surface area contributed by atoms with Crippen molar-refractivity contribution in [1.82, 2.24) is 10.2 Å². The number of urea groups is 1. The fourth-order valence-corrected chi connectivity index (χ4v) is 3.18. The lowest BCUT2D eigenvalue weighted by Crippen LogP contribution is -2.56. The van der Waals surface area contributed by atoms with Gasteiger partial charge in [0.2, 0.25) is 0 Å². The van der Waals surface area contributed by atoms with Crippen LogP contribution in [-0.4, -0.2) is 28.9 Å². The summed E-state index contributed by atoms with van der Waals surface area (Å²) in [5.41, 5.74) is -0.587. The van der Waals surface area contributed by atoms with E-state index in [0.717, 1.165) is 19.3 Å². The van der Waals surface area contributed by atoms with E-state index in [1.54, 1.807) is 4.90 Å². The normalized spacial score (nSPS) is 31.9. The maximum atomic E-state index is 11.8. The fraction of sp³-hybridized carbons (Fsp3) is 0.667. The van der Waals surface area contributed by atoms with Crippen LogP contribution >= 0.6 is 0 Å². The Labute approximate surface area is 95.9 Å². The topological polar surface area (TPSA) is 56.2 Å². The molecule has 4 heteroatoms. The zero-order valence-electron chi connectivity index (χ0n) is 9.76. The second-order valence-corrected chi connectivity index (χ2v) is 5.19. The number of rotatable bonds is 1. The minimum Gasteiger partial charge on any atom is -0.300 e. The van der Waals surface area contributed by atoms with Crippen LogP contribution in [0.4, 0.5) is 4.79 Å². The Morgan fingerprint density at radius 3 is 2.75 bits per heavy atom. The SMILES string of the molecule is C#CCN1C(=O)NC(=N)C12CCCC2(C)C. The number of carbonyl (C=O) groups is 1. The average molecular weight is 219 g/mol. The molecule has 1 aliphatic carbocycles. The number of hydrogen-bond donors (Lipinski definition) is 2. The molecule has 2 rings (SSSR count). The smallest absolute Gasteiger partial charge is 0.300 e. The van der Waals surface area contributed by atoms with Crippen LogP contribution in [0.5, 0.6) is 0 Å². The first kappa shape index (κ1) is 11.0. The average Bonchev–Trinajstić information content (AvgIpc) is 2.61. The number of amidine groups is 1. The molecule has 1 aliphatic heterocycles. The molecule has 86 valence electrons. The number of nitrogens with zero attached hydrogens (tertiary/aromatic N) is 1. The number of hydrogen-bond acceptors (Lipinski definition) is 2. The molecule has 2 fully saturated rings. The molecular formula is C12H17N3O. The number of amides is 2. The molecule has 2 N–H and O–H groups in total. The van der Waals surface area contributed by atoms with Crippen LogP contribution in [-0.2, 0) is 0 Å². The van der Waals surface area contributed by atoms with Gasteiger partial charge in [0, 0.05) is 0 Å². The predicted octanol–water partition coefficient (Wildman–Crippen LogP) is 1.57. The minimum absolute atomic E-state index is 0.0832. The number of terminal acetylenes is 1. The van der Waals surface area contributed by atoms with Gasteiger partial charge in [-0.3, -0.25) is 15.6 Å². The van der Waals surface area contributed by atoms with Crippen LogP contribution in [0, 0.1) is 23.2 Å². The van der Waals surface area contributed by atoms with Crippen molar-refractivity contribution in [3.8, 4) is 12.3 Å². The predicted molar refractivity (Wildman–Crippen MR) is 62.2 cm³/mol. The van der Waals surface area contributed by atoms with Crippen molar-refractivity contribution in [3.05, 3.63) is 0 Å². The quantitative estimate of drug-likeness (QED) is 0.646. The molecule has 2 amide bonds. The molecule has 0 radical (unpaired) electrons. The lowest BCUT2D eigenvalue weighted by molar-refractivity contribution is 0.117. The van der Waals surface area contributed by atoms with Gasteiger partial charge in [0.1, 0.15) is 11.4 Å². The van der Waals surface area contributed by atoms with Crippen molar-refractivity contribution in [3.63, 3.8) is 0 Å². The van der Waals surface area contributed by atoms with Crippen LogP contribution < -0.4 is 5.32 Å². The number of nitrogens with one attached hydrogen (secondary N) is 2. The molecule has 0 bridgehead atoms. The van der Waals surface area contributed by atoms with Crippen LogP contribution in [0.1, 0.15) is 33.1 Å². The first-order chi connectivity index (χ1) is 7.45. The summed E-state index contributed by atoms with van der Waals surface area (Å²) < 4.78 is 0. The van der Waals surface area contributed by atoms with E-state index in [1.807, 2.05) is 0 Å². The van der Waals surface area contributed by atoms with Crippen molar-refractivity contribution in [2.75, 3.05) is 6.54 Å². The van der Waals surface area contributed by atoms with Gasteiger partial charge in [0.15, 0.2) is 0 Å². The highest BCUT2D eigenvalue weighted by molar-refractivity contribution is 6.09. The van der Waals surface area contributed by atoms with Crippen molar-refractivity contribution in [2.24, 2.45) is 5.41 Å². The largest absolute Gasteiger partial charge is 0.324 e. The maximum Gasteiger partial charge on any atom is 0.324 e. The zero-order valence-corrected chi connectivity index (χ0v) is 9.76. The molecule has 1 saturated heterocycles. The summed E-state index contributed by atoms with van der Waals surface area (Å²) in [5, 5.41) is 10.7. The Bertz CT molecular complexity index is 394. The zero-order chi connectivity index (χ0) is 12.0. The minimum atomic E-state index is -0.504. The first-order valence-electron chi connectivity index (χ1n) is 5.57.